The van der Waals surface area contributed by atoms with Crippen molar-refractivity contribution in [3.05, 3.63) is 30.0 Å². The van der Waals surface area contributed by atoms with Gasteiger partial charge >= 0.3 is 0 Å². The lowest BCUT2D eigenvalue weighted by atomic mass is 10.1. The van der Waals surface area contributed by atoms with Gasteiger partial charge in [-0.1, -0.05) is 0 Å². The first-order chi connectivity index (χ1) is 9.49. The summed E-state index contributed by atoms with van der Waals surface area (Å²) in [5.74, 6) is 1.10. The largest absolute Gasteiger partial charge is 0.513 e. The highest BCUT2D eigenvalue weighted by molar-refractivity contribution is 6.08. The standard InChI is InChI=1S/C14H18N2O4/c1-9(18)4-13(15)14(8-17)16-10-5-11(19-2)7-12(6-10)20-3/h4-8,14-16,18H,1-3H3/b9-4-,15-13?. The van der Waals surface area contributed by atoms with Crippen LogP contribution in [0.3, 0.4) is 0 Å². The summed E-state index contributed by atoms with van der Waals surface area (Å²) in [7, 11) is 3.05. The van der Waals surface area contributed by atoms with Crippen molar-refractivity contribution in [3.8, 4) is 11.5 Å². The van der Waals surface area contributed by atoms with Gasteiger partial charge in [0.25, 0.3) is 0 Å². The lowest BCUT2D eigenvalue weighted by Crippen LogP contribution is -2.29. The summed E-state index contributed by atoms with van der Waals surface area (Å²) in [6.45, 7) is 1.44. The van der Waals surface area contributed by atoms with E-state index in [4.69, 9.17) is 20.0 Å². The number of rotatable bonds is 7. The Hall–Kier alpha value is -2.50. The van der Waals surface area contributed by atoms with Crippen molar-refractivity contribution < 1.29 is 19.4 Å². The molecule has 1 aromatic rings. The molecule has 0 amide bonds. The highest BCUT2D eigenvalue weighted by Crippen LogP contribution is 2.26. The van der Waals surface area contributed by atoms with Crippen LogP contribution in [0.25, 0.3) is 0 Å². The predicted octanol–water partition coefficient (Wildman–Crippen LogP) is 2.16. The van der Waals surface area contributed by atoms with E-state index in [9.17, 15) is 4.79 Å². The summed E-state index contributed by atoms with van der Waals surface area (Å²) in [6, 6.07) is 4.20. The molecule has 0 spiro atoms. The maximum Gasteiger partial charge on any atom is 0.148 e. The van der Waals surface area contributed by atoms with Crippen LogP contribution in [0, 0.1) is 5.41 Å². The van der Waals surface area contributed by atoms with Crippen LogP contribution >= 0.6 is 0 Å². The number of carbonyl (C=O) groups excluding carboxylic acids is 1. The van der Waals surface area contributed by atoms with Gasteiger partial charge < -0.3 is 30.1 Å². The van der Waals surface area contributed by atoms with Crippen molar-refractivity contribution in [2.45, 2.75) is 13.0 Å². The zero-order valence-electron chi connectivity index (χ0n) is 11.6. The van der Waals surface area contributed by atoms with Crippen molar-refractivity contribution in [2.24, 2.45) is 0 Å². The lowest BCUT2D eigenvalue weighted by Gasteiger charge is -2.15. The number of nitrogens with one attached hydrogen (secondary N) is 2. The monoisotopic (exact) mass is 278 g/mol. The zero-order valence-corrected chi connectivity index (χ0v) is 11.6. The fourth-order valence-corrected chi connectivity index (χ4v) is 1.57. The molecular weight excluding hydrogens is 260 g/mol. The van der Waals surface area contributed by atoms with Crippen LogP contribution in [-0.4, -0.2) is 37.4 Å². The fraction of sp³-hybridized carbons (Fsp3) is 0.286. The Morgan fingerprint density at radius 3 is 2.25 bits per heavy atom. The Balaban J connectivity index is 2.97. The molecule has 0 aromatic heterocycles. The topological polar surface area (TPSA) is 91.6 Å². The molecule has 20 heavy (non-hydrogen) atoms. The molecule has 0 aliphatic heterocycles. The third-order valence-corrected chi connectivity index (χ3v) is 2.51. The number of ether oxygens (including phenoxy) is 2. The van der Waals surface area contributed by atoms with E-state index in [1.807, 2.05) is 0 Å². The minimum atomic E-state index is -0.867. The molecule has 0 saturated carbocycles. The first-order valence-electron chi connectivity index (χ1n) is 5.90. The highest BCUT2D eigenvalue weighted by Gasteiger charge is 2.13. The van der Waals surface area contributed by atoms with Crippen molar-refractivity contribution in [1.82, 2.24) is 0 Å². The van der Waals surface area contributed by atoms with Crippen LogP contribution in [-0.2, 0) is 4.79 Å². The molecule has 6 nitrogen and oxygen atoms in total. The summed E-state index contributed by atoms with van der Waals surface area (Å²) in [4.78, 5) is 11.1. The molecular formula is C14H18N2O4. The third-order valence-electron chi connectivity index (χ3n) is 2.51. The van der Waals surface area contributed by atoms with E-state index in [1.165, 1.54) is 27.2 Å². The molecule has 3 N–H and O–H groups in total. The van der Waals surface area contributed by atoms with Crippen LogP contribution < -0.4 is 14.8 Å². The van der Waals surface area contributed by atoms with Crippen molar-refractivity contribution in [1.29, 1.82) is 5.41 Å². The van der Waals surface area contributed by atoms with Crippen LogP contribution in [0.15, 0.2) is 30.0 Å². The van der Waals surface area contributed by atoms with Crippen molar-refractivity contribution >= 4 is 17.7 Å². The molecule has 1 aromatic carbocycles. The molecule has 0 aliphatic carbocycles. The van der Waals surface area contributed by atoms with E-state index in [0.29, 0.717) is 23.5 Å². The second-order valence-corrected chi connectivity index (χ2v) is 4.10. The Morgan fingerprint density at radius 2 is 1.85 bits per heavy atom. The molecule has 1 unspecified atom stereocenters. The summed E-state index contributed by atoms with van der Waals surface area (Å²) in [6.07, 6.45) is 1.80. The lowest BCUT2D eigenvalue weighted by molar-refractivity contribution is -0.107. The number of anilines is 1. The van der Waals surface area contributed by atoms with Crippen LogP contribution in [0.2, 0.25) is 0 Å². The van der Waals surface area contributed by atoms with Gasteiger partial charge in [0.15, 0.2) is 0 Å². The maximum atomic E-state index is 11.1. The summed E-state index contributed by atoms with van der Waals surface area (Å²) in [5.41, 5.74) is 0.536. The molecule has 1 atom stereocenters. The van der Waals surface area contributed by atoms with Gasteiger partial charge in [-0.05, 0) is 13.0 Å². The number of benzene rings is 1. The Kier molecular flexibility index (Phi) is 5.58. The van der Waals surface area contributed by atoms with E-state index in [-0.39, 0.29) is 11.5 Å². The van der Waals surface area contributed by atoms with Gasteiger partial charge in [0.1, 0.15) is 23.8 Å². The zero-order chi connectivity index (χ0) is 15.1. The number of methoxy groups -OCH3 is 2. The van der Waals surface area contributed by atoms with E-state index in [0.717, 1.165) is 0 Å². The molecule has 6 heteroatoms. The average Bonchev–Trinajstić information content (AvgIpc) is 2.43. The summed E-state index contributed by atoms with van der Waals surface area (Å²) in [5, 5.41) is 19.7. The van der Waals surface area contributed by atoms with Crippen molar-refractivity contribution in [2.75, 3.05) is 19.5 Å². The molecule has 1 rings (SSSR count). The van der Waals surface area contributed by atoms with Crippen LogP contribution in [0.4, 0.5) is 5.69 Å². The Bertz CT molecular complexity index is 500. The number of carbonyl (C=O) groups is 1. The predicted molar refractivity (Wildman–Crippen MR) is 77.1 cm³/mol. The van der Waals surface area contributed by atoms with Gasteiger partial charge in [0, 0.05) is 23.9 Å². The van der Waals surface area contributed by atoms with Gasteiger partial charge in [-0.3, -0.25) is 0 Å². The number of allylic oxidation sites excluding steroid dienone is 1. The third kappa shape index (κ3) is 4.31. The second kappa shape index (κ2) is 7.18. The molecule has 0 radical (unpaired) electrons. The normalized spacial score (nSPS) is 12.4. The Labute approximate surface area is 117 Å². The van der Waals surface area contributed by atoms with Gasteiger partial charge in [-0.15, -0.1) is 0 Å². The van der Waals surface area contributed by atoms with E-state index < -0.39 is 6.04 Å². The van der Waals surface area contributed by atoms with E-state index in [1.54, 1.807) is 18.2 Å². The smallest absolute Gasteiger partial charge is 0.148 e. The number of hydrogen-bond donors (Lipinski definition) is 3. The number of aliphatic hydroxyl groups is 1. The van der Waals surface area contributed by atoms with E-state index >= 15 is 0 Å². The maximum absolute atomic E-state index is 11.1. The SMILES string of the molecule is COc1cc(NC(C=O)C(=N)/C=C(/C)O)cc(OC)c1. The number of aldehydes is 1. The summed E-state index contributed by atoms with van der Waals surface area (Å²) >= 11 is 0. The quantitative estimate of drug-likeness (QED) is 0.404. The van der Waals surface area contributed by atoms with Gasteiger partial charge in [-0.2, -0.15) is 0 Å². The molecule has 0 saturated heterocycles. The number of aliphatic hydroxyl groups excluding tert-OH is 1. The van der Waals surface area contributed by atoms with Gasteiger partial charge in [0.2, 0.25) is 0 Å². The Morgan fingerprint density at radius 1 is 1.30 bits per heavy atom. The first kappa shape index (κ1) is 15.6. The van der Waals surface area contributed by atoms with Gasteiger partial charge in [-0.25, -0.2) is 0 Å². The fourth-order valence-electron chi connectivity index (χ4n) is 1.57. The average molecular weight is 278 g/mol. The minimum absolute atomic E-state index is 0.0353. The molecule has 0 bridgehead atoms. The molecule has 0 fully saturated rings. The van der Waals surface area contributed by atoms with E-state index in [2.05, 4.69) is 5.32 Å². The second-order valence-electron chi connectivity index (χ2n) is 4.10. The van der Waals surface area contributed by atoms with Crippen LogP contribution in [0.1, 0.15) is 6.92 Å². The van der Waals surface area contributed by atoms with Crippen molar-refractivity contribution in [3.63, 3.8) is 0 Å². The molecule has 0 aliphatic rings. The number of hydrogen-bond acceptors (Lipinski definition) is 6. The van der Waals surface area contributed by atoms with Crippen LogP contribution in [0.5, 0.6) is 11.5 Å². The molecule has 108 valence electrons. The van der Waals surface area contributed by atoms with Gasteiger partial charge in [0.05, 0.1) is 25.7 Å². The summed E-state index contributed by atoms with van der Waals surface area (Å²) < 4.78 is 10.2. The minimum Gasteiger partial charge on any atom is -0.513 e. The first-order valence-corrected chi connectivity index (χ1v) is 5.90. The highest BCUT2D eigenvalue weighted by atomic mass is 16.5. The molecule has 0 heterocycles.